The number of nitrogens with one attached hydrogen (secondary N) is 1. The van der Waals surface area contributed by atoms with Gasteiger partial charge < -0.3 is 15.0 Å². The molecular weight excluding hydrogens is 352 g/mol. The van der Waals surface area contributed by atoms with Crippen molar-refractivity contribution in [1.82, 2.24) is 10.2 Å². The molecule has 0 aliphatic carbocycles. The van der Waals surface area contributed by atoms with Crippen molar-refractivity contribution >= 4 is 23.4 Å². The lowest BCUT2D eigenvalue weighted by Gasteiger charge is -2.19. The van der Waals surface area contributed by atoms with Crippen molar-refractivity contribution in [1.29, 1.82) is 0 Å². The fourth-order valence-electron chi connectivity index (χ4n) is 2.71. The van der Waals surface area contributed by atoms with Crippen LogP contribution in [0.1, 0.15) is 27.0 Å². The second-order valence-corrected chi connectivity index (χ2v) is 6.70. The van der Waals surface area contributed by atoms with E-state index < -0.39 is 0 Å². The average molecular weight is 375 g/mol. The van der Waals surface area contributed by atoms with Gasteiger partial charge in [-0.3, -0.25) is 9.59 Å². The van der Waals surface area contributed by atoms with E-state index in [-0.39, 0.29) is 18.4 Å². The molecular formula is C20H23ClN2O3. The Hall–Kier alpha value is -2.53. The zero-order valence-electron chi connectivity index (χ0n) is 15.4. The summed E-state index contributed by atoms with van der Waals surface area (Å²) in [6.07, 6.45) is 0. The highest BCUT2D eigenvalue weighted by molar-refractivity contribution is 6.30. The normalized spacial score (nSPS) is 10.3. The van der Waals surface area contributed by atoms with Crippen LogP contribution in [0.5, 0.6) is 5.75 Å². The van der Waals surface area contributed by atoms with Gasteiger partial charge in [-0.05, 0) is 44.2 Å². The summed E-state index contributed by atoms with van der Waals surface area (Å²) in [5, 5.41) is 3.25. The third kappa shape index (κ3) is 5.23. The highest BCUT2D eigenvalue weighted by atomic mass is 35.5. The van der Waals surface area contributed by atoms with E-state index in [4.69, 9.17) is 16.3 Å². The summed E-state index contributed by atoms with van der Waals surface area (Å²) in [7, 11) is 3.24. The van der Waals surface area contributed by atoms with Gasteiger partial charge in [-0.15, -0.1) is 0 Å². The van der Waals surface area contributed by atoms with Gasteiger partial charge in [0, 0.05) is 29.7 Å². The molecule has 0 radical (unpaired) electrons. The van der Waals surface area contributed by atoms with Crippen LogP contribution in [0.4, 0.5) is 0 Å². The number of amides is 2. The highest BCUT2D eigenvalue weighted by Gasteiger charge is 2.14. The molecule has 1 N–H and O–H groups in total. The van der Waals surface area contributed by atoms with E-state index in [0.29, 0.717) is 22.9 Å². The van der Waals surface area contributed by atoms with Gasteiger partial charge in [-0.1, -0.05) is 28.8 Å². The molecule has 0 aromatic heterocycles. The molecule has 0 saturated heterocycles. The number of halogens is 1. The van der Waals surface area contributed by atoms with Crippen molar-refractivity contribution in [2.75, 3.05) is 20.7 Å². The Balaban J connectivity index is 1.97. The van der Waals surface area contributed by atoms with Crippen LogP contribution >= 0.6 is 11.6 Å². The number of ether oxygens (including phenoxy) is 1. The van der Waals surface area contributed by atoms with Gasteiger partial charge in [0.1, 0.15) is 5.75 Å². The molecule has 0 spiro atoms. The van der Waals surface area contributed by atoms with Gasteiger partial charge in [-0.2, -0.15) is 0 Å². The number of rotatable bonds is 6. The first-order chi connectivity index (χ1) is 12.3. The number of aryl methyl sites for hydroxylation is 2. The zero-order valence-corrected chi connectivity index (χ0v) is 16.2. The van der Waals surface area contributed by atoms with Crippen molar-refractivity contribution in [2.45, 2.75) is 20.4 Å². The Bertz CT molecular complexity index is 800. The molecule has 0 fully saturated rings. The molecule has 2 rings (SSSR count). The van der Waals surface area contributed by atoms with E-state index in [1.165, 1.54) is 4.90 Å². The van der Waals surface area contributed by atoms with Crippen molar-refractivity contribution in [3.05, 3.63) is 63.7 Å². The third-order valence-electron chi connectivity index (χ3n) is 3.96. The molecule has 2 aromatic rings. The van der Waals surface area contributed by atoms with Crippen LogP contribution in [-0.4, -0.2) is 37.4 Å². The first kappa shape index (κ1) is 19.8. The molecule has 0 aliphatic rings. The fourth-order valence-corrected chi connectivity index (χ4v) is 2.91. The van der Waals surface area contributed by atoms with Crippen LogP contribution in [0.15, 0.2) is 36.4 Å². The topological polar surface area (TPSA) is 58.6 Å². The molecule has 0 bridgehead atoms. The monoisotopic (exact) mass is 374 g/mol. The standard InChI is InChI=1S/C20H23ClN2O3/c1-13-7-14(2)9-15(8-13)20(25)22-11-19(24)23(3)12-16-10-17(21)5-6-18(16)26-4/h5-10H,11-12H2,1-4H3,(H,22,25). The Morgan fingerprint density at radius 3 is 2.38 bits per heavy atom. The molecule has 2 amide bonds. The maximum Gasteiger partial charge on any atom is 0.251 e. The number of nitrogens with zero attached hydrogens (tertiary/aromatic N) is 1. The lowest BCUT2D eigenvalue weighted by atomic mass is 10.1. The SMILES string of the molecule is COc1ccc(Cl)cc1CN(C)C(=O)CNC(=O)c1cc(C)cc(C)c1. The number of methoxy groups -OCH3 is 1. The number of carbonyl (C=O) groups is 2. The maximum atomic E-state index is 12.3. The highest BCUT2D eigenvalue weighted by Crippen LogP contribution is 2.23. The summed E-state index contributed by atoms with van der Waals surface area (Å²) in [4.78, 5) is 26.1. The summed E-state index contributed by atoms with van der Waals surface area (Å²) in [5.41, 5.74) is 3.37. The lowest BCUT2D eigenvalue weighted by Crippen LogP contribution is -2.37. The Kier molecular flexibility index (Phi) is 6.64. The predicted molar refractivity (Wildman–Crippen MR) is 103 cm³/mol. The van der Waals surface area contributed by atoms with Crippen molar-refractivity contribution < 1.29 is 14.3 Å². The van der Waals surface area contributed by atoms with Crippen molar-refractivity contribution in [3.8, 4) is 5.75 Å². The van der Waals surface area contributed by atoms with Crippen molar-refractivity contribution in [3.63, 3.8) is 0 Å². The smallest absolute Gasteiger partial charge is 0.251 e. The summed E-state index contributed by atoms with van der Waals surface area (Å²) in [6, 6.07) is 10.8. The van der Waals surface area contributed by atoms with Crippen LogP contribution < -0.4 is 10.1 Å². The molecule has 0 unspecified atom stereocenters. The van der Waals surface area contributed by atoms with Crippen LogP contribution in [0.25, 0.3) is 0 Å². The molecule has 0 saturated carbocycles. The summed E-state index contributed by atoms with van der Waals surface area (Å²) in [6.45, 7) is 4.12. The molecule has 0 aliphatic heterocycles. The molecule has 6 heteroatoms. The van der Waals surface area contributed by atoms with E-state index in [0.717, 1.165) is 16.7 Å². The number of carbonyl (C=O) groups excluding carboxylic acids is 2. The van der Waals surface area contributed by atoms with Crippen molar-refractivity contribution in [2.24, 2.45) is 0 Å². The largest absolute Gasteiger partial charge is 0.496 e. The summed E-state index contributed by atoms with van der Waals surface area (Å²) < 4.78 is 5.29. The number of hydrogen-bond donors (Lipinski definition) is 1. The minimum Gasteiger partial charge on any atom is -0.496 e. The Labute approximate surface area is 158 Å². The lowest BCUT2D eigenvalue weighted by molar-refractivity contribution is -0.129. The van der Waals surface area contributed by atoms with Gasteiger partial charge in [0.25, 0.3) is 5.91 Å². The molecule has 0 atom stereocenters. The minimum atomic E-state index is -0.265. The van der Waals surface area contributed by atoms with E-state index in [1.807, 2.05) is 19.9 Å². The van der Waals surface area contributed by atoms with Gasteiger partial charge in [-0.25, -0.2) is 0 Å². The number of hydrogen-bond acceptors (Lipinski definition) is 3. The Morgan fingerprint density at radius 1 is 1.12 bits per heavy atom. The van der Waals surface area contributed by atoms with Crippen LogP contribution in [-0.2, 0) is 11.3 Å². The van der Waals surface area contributed by atoms with E-state index >= 15 is 0 Å². The van der Waals surface area contributed by atoms with E-state index in [1.54, 1.807) is 44.5 Å². The van der Waals surface area contributed by atoms with Crippen LogP contribution in [0.2, 0.25) is 5.02 Å². The average Bonchev–Trinajstić information content (AvgIpc) is 2.58. The van der Waals surface area contributed by atoms with Gasteiger partial charge in [0.2, 0.25) is 5.91 Å². The number of likely N-dealkylation sites (N-methyl/N-ethyl adjacent to an activating group) is 1. The van der Waals surface area contributed by atoms with Crippen LogP contribution in [0.3, 0.4) is 0 Å². The zero-order chi connectivity index (χ0) is 19.3. The summed E-state index contributed by atoms with van der Waals surface area (Å²) in [5.74, 6) is 0.192. The van der Waals surface area contributed by atoms with Crippen LogP contribution in [0, 0.1) is 13.8 Å². The minimum absolute atomic E-state index is 0.0782. The summed E-state index contributed by atoms with van der Waals surface area (Å²) >= 11 is 6.02. The first-order valence-corrected chi connectivity index (χ1v) is 8.61. The molecule has 0 heterocycles. The second kappa shape index (κ2) is 8.72. The maximum absolute atomic E-state index is 12.3. The quantitative estimate of drug-likeness (QED) is 0.843. The first-order valence-electron chi connectivity index (χ1n) is 8.23. The molecule has 138 valence electrons. The second-order valence-electron chi connectivity index (χ2n) is 6.27. The fraction of sp³-hybridized carbons (Fsp3) is 0.300. The van der Waals surface area contributed by atoms with E-state index in [9.17, 15) is 9.59 Å². The van der Waals surface area contributed by atoms with Gasteiger partial charge in [0.15, 0.2) is 0 Å². The van der Waals surface area contributed by atoms with E-state index in [2.05, 4.69) is 5.32 Å². The number of benzene rings is 2. The third-order valence-corrected chi connectivity index (χ3v) is 4.19. The molecule has 5 nitrogen and oxygen atoms in total. The molecule has 26 heavy (non-hydrogen) atoms. The van der Waals surface area contributed by atoms with Gasteiger partial charge >= 0.3 is 0 Å². The molecule has 2 aromatic carbocycles. The Morgan fingerprint density at radius 2 is 1.77 bits per heavy atom. The van der Waals surface area contributed by atoms with Gasteiger partial charge in [0.05, 0.1) is 13.7 Å². The predicted octanol–water partition coefficient (Wildman–Crippen LogP) is 3.35.